The molecule has 0 bridgehead atoms. The van der Waals surface area contributed by atoms with Crippen molar-refractivity contribution >= 4 is 27.5 Å². The summed E-state index contributed by atoms with van der Waals surface area (Å²) in [5.74, 6) is 0. The Hall–Kier alpha value is -0.390. The van der Waals surface area contributed by atoms with Crippen molar-refractivity contribution in [2.75, 3.05) is 6.61 Å². The molecule has 0 aromatic carbocycles. The maximum absolute atomic E-state index is 12.2. The van der Waals surface area contributed by atoms with Crippen molar-refractivity contribution in [3.63, 3.8) is 0 Å². The molecule has 0 radical (unpaired) electrons. The molecule has 1 spiro atoms. The predicted octanol–water partition coefficient (Wildman–Crippen LogP) is 2.93. The van der Waals surface area contributed by atoms with Crippen molar-refractivity contribution in [1.29, 1.82) is 0 Å². The third kappa shape index (κ3) is 2.02. The summed E-state index contributed by atoms with van der Waals surface area (Å²) < 4.78 is 7.91. The normalized spacial score (nSPS) is 26.0. The monoisotopic (exact) mass is 332 g/mol. The molecule has 1 aromatic heterocycles. The van der Waals surface area contributed by atoms with Crippen molar-refractivity contribution in [2.24, 2.45) is 0 Å². The quantitative estimate of drug-likeness (QED) is 0.742. The topological polar surface area (TPSA) is 44.1 Å². The molecule has 1 aliphatic carbocycles. The minimum atomic E-state index is -0.101. The van der Waals surface area contributed by atoms with E-state index >= 15 is 0 Å². The Morgan fingerprint density at radius 1 is 1.56 bits per heavy atom. The van der Waals surface area contributed by atoms with Gasteiger partial charge in [0.1, 0.15) is 4.47 Å². The Morgan fingerprint density at radius 3 is 3.00 bits per heavy atom. The summed E-state index contributed by atoms with van der Waals surface area (Å²) in [4.78, 5) is 16.2. The Labute approximate surface area is 118 Å². The molecule has 3 rings (SSSR count). The highest BCUT2D eigenvalue weighted by molar-refractivity contribution is 9.10. The van der Waals surface area contributed by atoms with Crippen LogP contribution in [0.2, 0.25) is 5.15 Å². The van der Waals surface area contributed by atoms with Gasteiger partial charge in [-0.15, -0.1) is 0 Å². The van der Waals surface area contributed by atoms with Crippen LogP contribution in [0.1, 0.15) is 38.1 Å². The Kier molecular flexibility index (Phi) is 3.24. The fraction of sp³-hybridized carbons (Fsp3) is 0.667. The van der Waals surface area contributed by atoms with Crippen molar-refractivity contribution in [3.05, 3.63) is 26.3 Å². The van der Waals surface area contributed by atoms with Crippen LogP contribution in [0.4, 0.5) is 0 Å². The van der Waals surface area contributed by atoms with Crippen molar-refractivity contribution in [2.45, 2.75) is 43.7 Å². The third-order valence-corrected chi connectivity index (χ3v) is 5.25. The molecule has 1 unspecified atom stereocenters. The Balaban J connectivity index is 1.91. The molecule has 18 heavy (non-hydrogen) atoms. The Bertz CT molecular complexity index is 527. The first kappa shape index (κ1) is 12.6. The molecule has 1 aliphatic heterocycles. The van der Waals surface area contributed by atoms with Crippen LogP contribution in [-0.4, -0.2) is 21.8 Å². The van der Waals surface area contributed by atoms with Gasteiger partial charge >= 0.3 is 0 Å². The van der Waals surface area contributed by atoms with Crippen LogP contribution in [0.3, 0.4) is 0 Å². The average Bonchev–Trinajstić information content (AvgIpc) is 2.34. The van der Waals surface area contributed by atoms with E-state index in [9.17, 15) is 4.79 Å². The molecule has 2 aliphatic rings. The highest BCUT2D eigenvalue weighted by Crippen LogP contribution is 2.45. The van der Waals surface area contributed by atoms with Crippen LogP contribution >= 0.6 is 27.5 Å². The van der Waals surface area contributed by atoms with Crippen LogP contribution < -0.4 is 5.56 Å². The first-order valence-corrected chi connectivity index (χ1v) is 7.34. The predicted molar refractivity (Wildman–Crippen MR) is 72.0 cm³/mol. The van der Waals surface area contributed by atoms with Gasteiger partial charge in [0.05, 0.1) is 11.9 Å². The summed E-state index contributed by atoms with van der Waals surface area (Å²) >= 11 is 9.02. The lowest BCUT2D eigenvalue weighted by molar-refractivity contribution is -0.140. The Morgan fingerprint density at radius 2 is 2.33 bits per heavy atom. The van der Waals surface area contributed by atoms with Gasteiger partial charge in [0.15, 0.2) is 5.15 Å². The summed E-state index contributed by atoms with van der Waals surface area (Å²) in [7, 11) is 0. The fourth-order valence-electron chi connectivity index (χ4n) is 2.84. The molecular weight excluding hydrogens is 320 g/mol. The fourth-order valence-corrected chi connectivity index (χ4v) is 3.27. The average molecular weight is 334 g/mol. The lowest BCUT2D eigenvalue weighted by atomic mass is 9.74. The molecule has 2 fully saturated rings. The van der Waals surface area contributed by atoms with E-state index in [4.69, 9.17) is 16.3 Å². The molecule has 98 valence electrons. The summed E-state index contributed by atoms with van der Waals surface area (Å²) in [5.41, 5.74) is -0.0783. The number of hydrogen-bond donors (Lipinski definition) is 0. The maximum atomic E-state index is 12.2. The van der Waals surface area contributed by atoms with Gasteiger partial charge in [-0.05, 0) is 48.0 Å². The van der Waals surface area contributed by atoms with Crippen LogP contribution in [0.15, 0.2) is 15.6 Å². The number of halogens is 2. The molecule has 4 nitrogen and oxygen atoms in total. The number of nitrogens with zero attached hydrogens (tertiary/aromatic N) is 2. The molecule has 0 amide bonds. The second-order valence-electron chi connectivity index (χ2n) is 5.09. The van der Waals surface area contributed by atoms with Crippen molar-refractivity contribution in [3.8, 4) is 0 Å². The van der Waals surface area contributed by atoms with Crippen molar-refractivity contribution in [1.82, 2.24) is 9.55 Å². The van der Waals surface area contributed by atoms with Crippen LogP contribution in [0.5, 0.6) is 0 Å². The van der Waals surface area contributed by atoms with E-state index < -0.39 is 0 Å². The zero-order valence-electron chi connectivity index (χ0n) is 9.86. The molecule has 0 N–H and O–H groups in total. The van der Waals surface area contributed by atoms with Gasteiger partial charge in [-0.1, -0.05) is 11.6 Å². The number of aromatic nitrogens is 2. The van der Waals surface area contributed by atoms with E-state index in [1.807, 2.05) is 0 Å². The zero-order valence-corrected chi connectivity index (χ0v) is 12.2. The summed E-state index contributed by atoms with van der Waals surface area (Å²) in [6.07, 6.45) is 6.77. The smallest absolute Gasteiger partial charge is 0.269 e. The van der Waals surface area contributed by atoms with Gasteiger partial charge in [-0.3, -0.25) is 9.36 Å². The minimum absolute atomic E-state index is 0.0223. The molecule has 1 atom stereocenters. The van der Waals surface area contributed by atoms with Gasteiger partial charge in [0, 0.05) is 12.6 Å². The van der Waals surface area contributed by atoms with Gasteiger partial charge in [-0.25, -0.2) is 4.98 Å². The lowest BCUT2D eigenvalue weighted by Gasteiger charge is -2.47. The molecule has 1 saturated heterocycles. The first-order chi connectivity index (χ1) is 8.61. The molecule has 2 heterocycles. The number of rotatable bonds is 1. The SMILES string of the molecule is O=c1c(Br)c(Cl)ncn1C1CCOC2(CCC2)C1. The van der Waals surface area contributed by atoms with E-state index in [1.165, 1.54) is 6.42 Å². The van der Waals surface area contributed by atoms with Crippen molar-refractivity contribution < 1.29 is 4.74 Å². The van der Waals surface area contributed by atoms with Crippen LogP contribution in [0, 0.1) is 0 Å². The first-order valence-electron chi connectivity index (χ1n) is 6.17. The van der Waals surface area contributed by atoms with Crippen LogP contribution in [-0.2, 0) is 4.74 Å². The van der Waals surface area contributed by atoms with E-state index in [2.05, 4.69) is 20.9 Å². The number of hydrogen-bond acceptors (Lipinski definition) is 3. The highest BCUT2D eigenvalue weighted by Gasteiger charge is 2.43. The van der Waals surface area contributed by atoms with E-state index in [1.54, 1.807) is 10.9 Å². The molecule has 6 heteroatoms. The largest absolute Gasteiger partial charge is 0.375 e. The third-order valence-electron chi connectivity index (χ3n) is 4.02. The number of ether oxygens (including phenoxy) is 1. The minimum Gasteiger partial charge on any atom is -0.375 e. The second kappa shape index (κ2) is 4.62. The molecule has 1 saturated carbocycles. The standard InChI is InChI=1S/C12H14BrClN2O2/c13-9-10(14)15-7-16(11(9)17)8-2-5-18-12(6-8)3-1-4-12/h7-8H,1-6H2. The van der Waals surface area contributed by atoms with Gasteiger partial charge in [0.2, 0.25) is 0 Å². The van der Waals surface area contributed by atoms with E-state index in [0.717, 1.165) is 32.3 Å². The van der Waals surface area contributed by atoms with E-state index in [0.29, 0.717) is 4.47 Å². The molecule has 1 aromatic rings. The molecular formula is C12H14BrClN2O2. The summed E-state index contributed by atoms with van der Waals surface area (Å²) in [6, 6.07) is 0.174. The summed E-state index contributed by atoms with van der Waals surface area (Å²) in [6.45, 7) is 0.720. The van der Waals surface area contributed by atoms with E-state index in [-0.39, 0.29) is 22.4 Å². The summed E-state index contributed by atoms with van der Waals surface area (Å²) in [5, 5.41) is 0.224. The van der Waals surface area contributed by atoms with Crippen LogP contribution in [0.25, 0.3) is 0 Å². The zero-order chi connectivity index (χ0) is 12.8. The van der Waals surface area contributed by atoms with Gasteiger partial charge < -0.3 is 4.74 Å². The maximum Gasteiger partial charge on any atom is 0.269 e. The highest BCUT2D eigenvalue weighted by atomic mass is 79.9. The van der Waals surface area contributed by atoms with Gasteiger partial charge in [-0.2, -0.15) is 0 Å². The lowest BCUT2D eigenvalue weighted by Crippen LogP contribution is -2.47. The van der Waals surface area contributed by atoms with Gasteiger partial charge in [0.25, 0.3) is 5.56 Å². The second-order valence-corrected chi connectivity index (χ2v) is 6.24.